The molecule has 0 spiro atoms. The van der Waals surface area contributed by atoms with E-state index < -0.39 is 0 Å². The van der Waals surface area contributed by atoms with Gasteiger partial charge >= 0.3 is 0 Å². The van der Waals surface area contributed by atoms with Crippen LogP contribution in [0.2, 0.25) is 0 Å². The van der Waals surface area contributed by atoms with Crippen molar-refractivity contribution in [3.63, 3.8) is 0 Å². The van der Waals surface area contributed by atoms with E-state index in [-0.39, 0.29) is 11.9 Å². The van der Waals surface area contributed by atoms with E-state index in [4.69, 9.17) is 5.73 Å². The average Bonchev–Trinajstić information content (AvgIpc) is 2.39. The molecule has 4 heteroatoms. The highest BCUT2D eigenvalue weighted by molar-refractivity contribution is 5.20. The molecule has 0 bridgehead atoms. The third-order valence-corrected chi connectivity index (χ3v) is 2.94. The second-order valence-corrected chi connectivity index (χ2v) is 4.68. The minimum Gasteiger partial charge on any atom is -0.323 e. The normalized spacial score (nSPS) is 12.6. The molecule has 0 amide bonds. The number of pyridine rings is 1. The van der Waals surface area contributed by atoms with Crippen molar-refractivity contribution in [2.24, 2.45) is 5.73 Å². The number of halogens is 1. The fraction of sp³-hybridized carbons (Fsp3) is 0.267. The van der Waals surface area contributed by atoms with Gasteiger partial charge in [-0.3, -0.25) is 9.88 Å². The molecule has 0 aliphatic carbocycles. The maximum Gasteiger partial charge on any atom is 0.123 e. The molecule has 2 aromatic rings. The lowest BCUT2D eigenvalue weighted by Crippen LogP contribution is -2.29. The van der Waals surface area contributed by atoms with E-state index in [1.807, 2.05) is 31.3 Å². The largest absolute Gasteiger partial charge is 0.323 e. The van der Waals surface area contributed by atoms with E-state index in [0.717, 1.165) is 17.8 Å². The maximum atomic E-state index is 13.1. The molecule has 100 valence electrons. The first-order chi connectivity index (χ1) is 9.15. The molecule has 0 saturated heterocycles. The van der Waals surface area contributed by atoms with Crippen LogP contribution in [0.1, 0.15) is 17.3 Å². The molecule has 2 N–H and O–H groups in total. The summed E-state index contributed by atoms with van der Waals surface area (Å²) < 4.78 is 13.1. The zero-order valence-corrected chi connectivity index (χ0v) is 11.0. The summed E-state index contributed by atoms with van der Waals surface area (Å²) in [5.41, 5.74) is 7.90. The first-order valence-corrected chi connectivity index (χ1v) is 6.24. The average molecular weight is 259 g/mol. The van der Waals surface area contributed by atoms with Crippen LogP contribution in [0.5, 0.6) is 0 Å². The van der Waals surface area contributed by atoms with E-state index in [1.54, 1.807) is 12.3 Å². The third-order valence-electron chi connectivity index (χ3n) is 2.94. The van der Waals surface area contributed by atoms with E-state index in [2.05, 4.69) is 9.88 Å². The highest BCUT2D eigenvalue weighted by Crippen LogP contribution is 2.13. The zero-order valence-electron chi connectivity index (χ0n) is 11.0. The quantitative estimate of drug-likeness (QED) is 0.896. The molecule has 1 heterocycles. The Morgan fingerprint density at radius 1 is 1.26 bits per heavy atom. The number of rotatable bonds is 5. The van der Waals surface area contributed by atoms with E-state index in [1.165, 1.54) is 12.1 Å². The van der Waals surface area contributed by atoms with Crippen molar-refractivity contribution in [3.05, 3.63) is 65.7 Å². The lowest BCUT2D eigenvalue weighted by Gasteiger charge is -2.21. The molecule has 0 aliphatic rings. The summed E-state index contributed by atoms with van der Waals surface area (Å²) in [6.45, 7) is 1.38. The standard InChI is InChI=1S/C15H18FN3/c1-19(10-14-7-2-3-8-18-14)11-15(17)12-5-4-6-13(16)9-12/h2-9,15H,10-11,17H2,1H3. The fourth-order valence-electron chi connectivity index (χ4n) is 2.01. The molecule has 1 atom stereocenters. The van der Waals surface area contributed by atoms with Gasteiger partial charge in [0, 0.05) is 25.3 Å². The van der Waals surface area contributed by atoms with Crippen LogP contribution < -0.4 is 5.73 Å². The Labute approximate surface area is 112 Å². The van der Waals surface area contributed by atoms with Gasteiger partial charge < -0.3 is 5.73 Å². The molecule has 19 heavy (non-hydrogen) atoms. The molecule has 1 aromatic heterocycles. The van der Waals surface area contributed by atoms with Gasteiger partial charge in [-0.2, -0.15) is 0 Å². The summed E-state index contributed by atoms with van der Waals surface area (Å²) in [7, 11) is 1.98. The molecule has 3 nitrogen and oxygen atoms in total. The highest BCUT2D eigenvalue weighted by atomic mass is 19.1. The van der Waals surface area contributed by atoms with Crippen molar-refractivity contribution in [2.45, 2.75) is 12.6 Å². The van der Waals surface area contributed by atoms with Gasteiger partial charge in [-0.05, 0) is 36.9 Å². The number of likely N-dealkylation sites (N-methyl/N-ethyl adjacent to an activating group) is 1. The lowest BCUT2D eigenvalue weighted by atomic mass is 10.1. The van der Waals surface area contributed by atoms with Gasteiger partial charge in [0.1, 0.15) is 5.82 Å². The van der Waals surface area contributed by atoms with Crippen LogP contribution in [0.4, 0.5) is 4.39 Å². The van der Waals surface area contributed by atoms with Gasteiger partial charge in [-0.15, -0.1) is 0 Å². The molecule has 1 aromatic carbocycles. The third kappa shape index (κ3) is 4.12. The fourth-order valence-corrected chi connectivity index (χ4v) is 2.01. The van der Waals surface area contributed by atoms with Crippen LogP contribution in [0.15, 0.2) is 48.7 Å². The molecule has 0 saturated carbocycles. The van der Waals surface area contributed by atoms with E-state index in [9.17, 15) is 4.39 Å². The predicted molar refractivity (Wildman–Crippen MR) is 73.9 cm³/mol. The molecule has 0 aliphatic heterocycles. The lowest BCUT2D eigenvalue weighted by molar-refractivity contribution is 0.301. The smallest absolute Gasteiger partial charge is 0.123 e. The molecule has 1 unspecified atom stereocenters. The summed E-state index contributed by atoms with van der Waals surface area (Å²) in [5, 5.41) is 0. The summed E-state index contributed by atoms with van der Waals surface area (Å²) in [4.78, 5) is 6.35. The first-order valence-electron chi connectivity index (χ1n) is 6.24. The molecular weight excluding hydrogens is 241 g/mol. The molecule has 0 fully saturated rings. The van der Waals surface area contributed by atoms with Crippen molar-refractivity contribution < 1.29 is 4.39 Å². The molecule has 2 rings (SSSR count). The summed E-state index contributed by atoms with van der Waals surface area (Å²) in [6.07, 6.45) is 1.77. The van der Waals surface area contributed by atoms with Crippen molar-refractivity contribution in [3.8, 4) is 0 Å². The maximum absolute atomic E-state index is 13.1. The van der Waals surface area contributed by atoms with Crippen LogP contribution in [-0.4, -0.2) is 23.5 Å². The molecular formula is C15H18FN3. The van der Waals surface area contributed by atoms with Gasteiger partial charge in [0.05, 0.1) is 5.69 Å². The number of aromatic nitrogens is 1. The number of nitrogens with two attached hydrogens (primary N) is 1. The Bertz CT molecular complexity index is 516. The van der Waals surface area contributed by atoms with Gasteiger partial charge in [-0.1, -0.05) is 18.2 Å². The van der Waals surface area contributed by atoms with Gasteiger partial charge in [-0.25, -0.2) is 4.39 Å². The monoisotopic (exact) mass is 259 g/mol. The minimum atomic E-state index is -0.250. The van der Waals surface area contributed by atoms with Crippen LogP contribution in [0.25, 0.3) is 0 Å². The first kappa shape index (κ1) is 13.6. The zero-order chi connectivity index (χ0) is 13.7. The summed E-state index contributed by atoms with van der Waals surface area (Å²) in [5.74, 6) is -0.250. The van der Waals surface area contributed by atoms with Crippen molar-refractivity contribution in [1.82, 2.24) is 9.88 Å². The topological polar surface area (TPSA) is 42.2 Å². The van der Waals surface area contributed by atoms with E-state index in [0.29, 0.717) is 6.54 Å². The van der Waals surface area contributed by atoms with Crippen LogP contribution in [0.3, 0.4) is 0 Å². The Morgan fingerprint density at radius 2 is 2.11 bits per heavy atom. The SMILES string of the molecule is CN(Cc1ccccn1)CC(N)c1cccc(F)c1. The Balaban J connectivity index is 1.93. The van der Waals surface area contributed by atoms with E-state index >= 15 is 0 Å². The van der Waals surface area contributed by atoms with Crippen molar-refractivity contribution in [1.29, 1.82) is 0 Å². The van der Waals surface area contributed by atoms with Crippen LogP contribution in [0, 0.1) is 5.82 Å². The predicted octanol–water partition coefficient (Wildman–Crippen LogP) is 2.35. The van der Waals surface area contributed by atoms with Crippen molar-refractivity contribution in [2.75, 3.05) is 13.6 Å². The van der Waals surface area contributed by atoms with Gasteiger partial charge in [0.15, 0.2) is 0 Å². The summed E-state index contributed by atoms with van der Waals surface area (Å²) in [6, 6.07) is 12.1. The van der Waals surface area contributed by atoms with Crippen LogP contribution >= 0.6 is 0 Å². The number of hydrogen-bond donors (Lipinski definition) is 1. The second kappa shape index (κ2) is 6.41. The molecule has 0 radical (unpaired) electrons. The van der Waals surface area contributed by atoms with Crippen LogP contribution in [-0.2, 0) is 6.54 Å². The highest BCUT2D eigenvalue weighted by Gasteiger charge is 2.10. The summed E-state index contributed by atoms with van der Waals surface area (Å²) >= 11 is 0. The Morgan fingerprint density at radius 3 is 2.79 bits per heavy atom. The minimum absolute atomic E-state index is 0.204. The Kier molecular flexibility index (Phi) is 4.60. The second-order valence-electron chi connectivity index (χ2n) is 4.68. The number of nitrogens with zero attached hydrogens (tertiary/aromatic N) is 2. The van der Waals surface area contributed by atoms with Gasteiger partial charge in [0.25, 0.3) is 0 Å². The van der Waals surface area contributed by atoms with Crippen molar-refractivity contribution >= 4 is 0 Å². The Hall–Kier alpha value is -1.78. The van der Waals surface area contributed by atoms with Gasteiger partial charge in [0.2, 0.25) is 0 Å². The number of benzene rings is 1. The number of hydrogen-bond acceptors (Lipinski definition) is 3.